The summed E-state index contributed by atoms with van der Waals surface area (Å²) >= 11 is 7.41. The van der Waals surface area contributed by atoms with Gasteiger partial charge >= 0.3 is 0 Å². The average Bonchev–Trinajstić information content (AvgIpc) is 3.27. The first kappa shape index (κ1) is 15.4. The van der Waals surface area contributed by atoms with E-state index >= 15 is 0 Å². The summed E-state index contributed by atoms with van der Waals surface area (Å²) in [7, 11) is 0. The van der Waals surface area contributed by atoms with Crippen LogP contribution in [0, 0.1) is 0 Å². The molecular weight excluding hydrogens is 372 g/mol. The van der Waals surface area contributed by atoms with E-state index in [0.717, 1.165) is 16.5 Å². The summed E-state index contributed by atoms with van der Waals surface area (Å²) in [5.74, 6) is 0.355. The zero-order valence-electron chi connectivity index (χ0n) is 13.1. The highest BCUT2D eigenvalue weighted by molar-refractivity contribution is 7.99. The molecule has 0 unspecified atom stereocenters. The van der Waals surface area contributed by atoms with Crippen LogP contribution >= 0.6 is 23.4 Å². The molecule has 8 heteroatoms. The fourth-order valence-electron chi connectivity index (χ4n) is 2.65. The molecule has 0 radical (unpaired) electrons. The van der Waals surface area contributed by atoms with Crippen LogP contribution in [-0.2, 0) is 0 Å². The molecule has 0 saturated carbocycles. The van der Waals surface area contributed by atoms with Gasteiger partial charge in [-0.05, 0) is 36.0 Å². The highest BCUT2D eigenvalue weighted by Crippen LogP contribution is 2.36. The van der Waals surface area contributed by atoms with Crippen molar-refractivity contribution >= 4 is 45.4 Å². The molecule has 0 aliphatic carbocycles. The maximum atomic E-state index is 6.18. The molecule has 0 N–H and O–H groups in total. The molecule has 5 aromatic rings. The summed E-state index contributed by atoms with van der Waals surface area (Å²) < 4.78 is 11.6. The van der Waals surface area contributed by atoms with Crippen LogP contribution in [0.25, 0.3) is 33.5 Å². The van der Waals surface area contributed by atoms with Crippen molar-refractivity contribution in [2.24, 2.45) is 0 Å². The second kappa shape index (κ2) is 6.12. The molecule has 0 atom stereocenters. The number of benzene rings is 2. The Labute approximate surface area is 156 Å². The maximum Gasteiger partial charge on any atom is 0.283 e. The van der Waals surface area contributed by atoms with Gasteiger partial charge in [-0.2, -0.15) is 0 Å². The van der Waals surface area contributed by atoms with Crippen molar-refractivity contribution in [1.82, 2.24) is 20.2 Å². The van der Waals surface area contributed by atoms with Gasteiger partial charge in [0.1, 0.15) is 17.4 Å². The summed E-state index contributed by atoms with van der Waals surface area (Å²) in [5, 5.41) is 10.6. The van der Waals surface area contributed by atoms with E-state index in [2.05, 4.69) is 20.2 Å². The number of nitrogens with zero attached hydrogens (tertiary/aromatic N) is 4. The predicted octanol–water partition coefficient (Wildman–Crippen LogP) is 5.23. The van der Waals surface area contributed by atoms with Crippen LogP contribution in [0.3, 0.4) is 0 Å². The van der Waals surface area contributed by atoms with Gasteiger partial charge in [0.25, 0.3) is 5.22 Å². The fourth-order valence-corrected chi connectivity index (χ4v) is 3.57. The molecule has 0 aliphatic rings. The molecule has 0 bridgehead atoms. The van der Waals surface area contributed by atoms with E-state index in [1.807, 2.05) is 42.5 Å². The van der Waals surface area contributed by atoms with Gasteiger partial charge < -0.3 is 8.83 Å². The molecule has 3 aromatic heterocycles. The van der Waals surface area contributed by atoms with E-state index in [0.29, 0.717) is 32.3 Å². The number of aromatic nitrogens is 4. The molecule has 5 rings (SSSR count). The van der Waals surface area contributed by atoms with E-state index in [-0.39, 0.29) is 0 Å². The molecule has 3 heterocycles. The number of halogens is 1. The van der Waals surface area contributed by atoms with Crippen LogP contribution in [0.15, 0.2) is 73.9 Å². The van der Waals surface area contributed by atoms with E-state index in [9.17, 15) is 0 Å². The van der Waals surface area contributed by atoms with Crippen molar-refractivity contribution in [1.29, 1.82) is 0 Å². The maximum absolute atomic E-state index is 6.18. The third-order valence-corrected chi connectivity index (χ3v) is 4.97. The Balaban J connectivity index is 1.55. The Bertz CT molecular complexity index is 1250. The smallest absolute Gasteiger partial charge is 0.283 e. The number of furan rings is 1. The summed E-state index contributed by atoms with van der Waals surface area (Å²) in [5.41, 5.74) is 2.79. The standard InChI is InChI=1S/C18H9ClN4O2S/c19-12-7-3-1-5-10(12)16-22-23-18(25-16)26-17-15-14(20-9-21-17)11-6-2-4-8-13(11)24-15/h1-9H. The molecule has 0 saturated heterocycles. The number of para-hydroxylation sites is 1. The Kier molecular flexibility index (Phi) is 3.62. The van der Waals surface area contributed by atoms with Gasteiger partial charge in [0.05, 0.1) is 10.6 Å². The lowest BCUT2D eigenvalue weighted by Crippen LogP contribution is -1.84. The summed E-state index contributed by atoms with van der Waals surface area (Å²) in [4.78, 5) is 8.63. The van der Waals surface area contributed by atoms with Crippen LogP contribution < -0.4 is 0 Å². The monoisotopic (exact) mass is 380 g/mol. The van der Waals surface area contributed by atoms with Crippen molar-refractivity contribution in [3.63, 3.8) is 0 Å². The van der Waals surface area contributed by atoms with Gasteiger partial charge in [-0.25, -0.2) is 9.97 Å². The number of rotatable bonds is 3. The van der Waals surface area contributed by atoms with Gasteiger partial charge in [-0.3, -0.25) is 0 Å². The first-order valence-electron chi connectivity index (χ1n) is 7.68. The predicted molar refractivity (Wildman–Crippen MR) is 98.2 cm³/mol. The number of fused-ring (bicyclic) bond motifs is 3. The lowest BCUT2D eigenvalue weighted by molar-refractivity contribution is 0.465. The van der Waals surface area contributed by atoms with Crippen molar-refractivity contribution < 1.29 is 8.83 Å². The highest BCUT2D eigenvalue weighted by atomic mass is 35.5. The first-order chi connectivity index (χ1) is 12.8. The lowest BCUT2D eigenvalue weighted by atomic mass is 10.2. The van der Waals surface area contributed by atoms with Crippen molar-refractivity contribution in [2.45, 2.75) is 10.2 Å². The Morgan fingerprint density at radius 3 is 2.65 bits per heavy atom. The minimum atomic E-state index is 0.348. The molecule has 0 amide bonds. The molecule has 0 fully saturated rings. The highest BCUT2D eigenvalue weighted by Gasteiger charge is 2.18. The molecular formula is C18H9ClN4O2S. The molecule has 126 valence electrons. The average molecular weight is 381 g/mol. The van der Waals surface area contributed by atoms with Crippen LogP contribution in [0.1, 0.15) is 0 Å². The molecule has 26 heavy (non-hydrogen) atoms. The van der Waals surface area contributed by atoms with Crippen LogP contribution in [0.2, 0.25) is 5.02 Å². The largest absolute Gasteiger partial charge is 0.451 e. The van der Waals surface area contributed by atoms with Crippen molar-refractivity contribution in [3.05, 3.63) is 59.9 Å². The second-order valence-electron chi connectivity index (χ2n) is 5.41. The summed E-state index contributed by atoms with van der Waals surface area (Å²) in [6.45, 7) is 0. The van der Waals surface area contributed by atoms with Crippen molar-refractivity contribution in [3.8, 4) is 11.5 Å². The van der Waals surface area contributed by atoms with Crippen LogP contribution in [0.5, 0.6) is 0 Å². The summed E-state index contributed by atoms with van der Waals surface area (Å²) in [6.07, 6.45) is 1.50. The van der Waals surface area contributed by atoms with E-state index in [4.69, 9.17) is 20.4 Å². The molecule has 0 aliphatic heterocycles. The first-order valence-corrected chi connectivity index (χ1v) is 8.87. The third kappa shape index (κ3) is 2.53. The minimum absolute atomic E-state index is 0.348. The van der Waals surface area contributed by atoms with E-state index in [1.165, 1.54) is 18.1 Å². The molecule has 2 aromatic carbocycles. The van der Waals surface area contributed by atoms with E-state index in [1.54, 1.807) is 6.07 Å². The van der Waals surface area contributed by atoms with Crippen LogP contribution in [0.4, 0.5) is 0 Å². The minimum Gasteiger partial charge on any atom is -0.451 e. The molecule has 6 nitrogen and oxygen atoms in total. The topological polar surface area (TPSA) is 77.8 Å². The van der Waals surface area contributed by atoms with Gasteiger partial charge in [-0.15, -0.1) is 10.2 Å². The Hall–Kier alpha value is -2.90. The zero-order valence-corrected chi connectivity index (χ0v) is 14.7. The fraction of sp³-hybridized carbons (Fsp3) is 0. The lowest BCUT2D eigenvalue weighted by Gasteiger charge is -1.97. The summed E-state index contributed by atoms with van der Waals surface area (Å²) in [6, 6.07) is 15.0. The van der Waals surface area contributed by atoms with Gasteiger partial charge in [0.15, 0.2) is 10.6 Å². The van der Waals surface area contributed by atoms with Crippen molar-refractivity contribution in [2.75, 3.05) is 0 Å². The zero-order chi connectivity index (χ0) is 17.5. The Morgan fingerprint density at radius 1 is 0.885 bits per heavy atom. The second-order valence-corrected chi connectivity index (χ2v) is 6.76. The Morgan fingerprint density at radius 2 is 1.73 bits per heavy atom. The molecule has 0 spiro atoms. The SMILES string of the molecule is Clc1ccccc1-c1nnc(Sc2ncnc3c2oc2ccccc23)o1. The normalized spacial score (nSPS) is 11.4. The number of hydrogen-bond donors (Lipinski definition) is 0. The quantitative estimate of drug-likeness (QED) is 0.396. The van der Waals surface area contributed by atoms with Crippen LogP contribution in [-0.4, -0.2) is 20.2 Å². The van der Waals surface area contributed by atoms with Gasteiger partial charge in [-0.1, -0.05) is 35.9 Å². The van der Waals surface area contributed by atoms with Gasteiger partial charge in [0, 0.05) is 5.39 Å². The number of hydrogen-bond acceptors (Lipinski definition) is 7. The third-order valence-electron chi connectivity index (χ3n) is 3.82. The van der Waals surface area contributed by atoms with E-state index < -0.39 is 0 Å². The van der Waals surface area contributed by atoms with Gasteiger partial charge in [0.2, 0.25) is 5.89 Å².